The van der Waals surface area contributed by atoms with Gasteiger partial charge in [0.25, 0.3) is 5.91 Å². The number of nitrogens with one attached hydrogen (secondary N) is 1. The first-order valence-electron chi connectivity index (χ1n) is 9.46. The van der Waals surface area contributed by atoms with E-state index < -0.39 is 31.2 Å². The van der Waals surface area contributed by atoms with Crippen LogP contribution in [-0.4, -0.2) is 40.1 Å². The predicted octanol–water partition coefficient (Wildman–Crippen LogP) is 4.92. The van der Waals surface area contributed by atoms with Crippen LogP contribution in [0.1, 0.15) is 41.3 Å². The molecule has 10 heteroatoms. The molecule has 1 heterocycles. The summed E-state index contributed by atoms with van der Waals surface area (Å²) in [5.41, 5.74) is 1.69. The van der Waals surface area contributed by atoms with Crippen LogP contribution >= 0.6 is 0 Å². The summed E-state index contributed by atoms with van der Waals surface area (Å²) in [6.45, 7) is -2.02. The zero-order chi connectivity index (χ0) is 22.8. The van der Waals surface area contributed by atoms with Gasteiger partial charge in [0.15, 0.2) is 0 Å². The second kappa shape index (κ2) is 9.01. The highest BCUT2D eigenvalue weighted by atomic mass is 19.4. The summed E-state index contributed by atoms with van der Waals surface area (Å²) in [5, 5.41) is 1.81. The molecule has 0 aliphatic heterocycles. The van der Waals surface area contributed by atoms with Crippen LogP contribution in [-0.2, 0) is 6.54 Å². The number of rotatable bonds is 7. The number of amides is 1. The summed E-state index contributed by atoms with van der Waals surface area (Å²) in [6.07, 6.45) is -4.48. The van der Waals surface area contributed by atoms with Gasteiger partial charge in [-0.05, 0) is 43.8 Å². The Morgan fingerprint density at radius 1 is 1.13 bits per heavy atom. The van der Waals surface area contributed by atoms with Crippen LogP contribution in [0.2, 0.25) is 0 Å². The van der Waals surface area contributed by atoms with Crippen molar-refractivity contribution in [3.8, 4) is 0 Å². The molecule has 1 amide bonds. The number of hydrogen-bond acceptors (Lipinski definition) is 3. The van der Waals surface area contributed by atoms with Gasteiger partial charge >= 0.3 is 12.7 Å². The van der Waals surface area contributed by atoms with Gasteiger partial charge < -0.3 is 5.32 Å². The van der Waals surface area contributed by atoms with E-state index in [1.807, 2.05) is 10.2 Å². The van der Waals surface area contributed by atoms with Crippen molar-refractivity contribution in [1.29, 1.82) is 0 Å². The molecular formula is C21H21F5N4O. The lowest BCUT2D eigenvalue weighted by atomic mass is 10.1. The van der Waals surface area contributed by atoms with Gasteiger partial charge in [0.05, 0.1) is 17.1 Å². The summed E-state index contributed by atoms with van der Waals surface area (Å²) >= 11 is 0. The zero-order valence-corrected chi connectivity index (χ0v) is 16.8. The van der Waals surface area contributed by atoms with Crippen LogP contribution in [0.15, 0.2) is 48.5 Å². The zero-order valence-electron chi connectivity index (χ0n) is 16.8. The van der Waals surface area contributed by atoms with Gasteiger partial charge in [-0.15, -0.1) is 0 Å². The second-order valence-corrected chi connectivity index (χ2v) is 7.19. The van der Waals surface area contributed by atoms with E-state index in [-0.39, 0.29) is 11.4 Å². The first-order valence-corrected chi connectivity index (χ1v) is 9.46. The van der Waals surface area contributed by atoms with Gasteiger partial charge in [-0.1, -0.05) is 24.3 Å². The van der Waals surface area contributed by atoms with Gasteiger partial charge in [0.2, 0.25) is 0 Å². The number of carbonyl (C=O) groups excluding carboxylic acids is 1. The van der Waals surface area contributed by atoms with Crippen LogP contribution in [0.25, 0.3) is 11.0 Å². The topological polar surface area (TPSA) is 50.2 Å². The lowest BCUT2D eigenvalue weighted by Crippen LogP contribution is -2.33. The van der Waals surface area contributed by atoms with Crippen LogP contribution in [0.4, 0.5) is 22.0 Å². The Labute approximate surface area is 175 Å². The molecule has 3 aromatic rings. The fraction of sp³-hybridized carbons (Fsp3) is 0.333. The highest BCUT2D eigenvalue weighted by Gasteiger charge is 2.28. The van der Waals surface area contributed by atoms with Crippen molar-refractivity contribution >= 4 is 16.9 Å². The highest BCUT2D eigenvalue weighted by molar-refractivity contribution is 5.94. The van der Waals surface area contributed by atoms with E-state index >= 15 is 0 Å². The van der Waals surface area contributed by atoms with E-state index in [2.05, 4.69) is 4.98 Å². The smallest absolute Gasteiger partial charge is 0.343 e. The lowest BCUT2D eigenvalue weighted by Gasteiger charge is -2.25. The van der Waals surface area contributed by atoms with Crippen LogP contribution < -0.4 is 5.32 Å². The Morgan fingerprint density at radius 3 is 2.39 bits per heavy atom. The van der Waals surface area contributed by atoms with Gasteiger partial charge in [-0.2, -0.15) is 22.0 Å². The van der Waals surface area contributed by atoms with E-state index in [9.17, 15) is 26.7 Å². The molecule has 166 valence electrons. The van der Waals surface area contributed by atoms with Crippen LogP contribution in [0.3, 0.4) is 0 Å². The summed E-state index contributed by atoms with van der Waals surface area (Å²) in [7, 11) is 1.75. The molecule has 1 aromatic heterocycles. The Balaban J connectivity index is 1.72. The van der Waals surface area contributed by atoms with E-state index in [4.69, 9.17) is 0 Å². The molecule has 1 N–H and O–H groups in total. The number of halogens is 5. The molecule has 0 bridgehead atoms. The Hall–Kier alpha value is -3.01. The van der Waals surface area contributed by atoms with E-state index in [1.54, 1.807) is 50.4 Å². The first kappa shape index (κ1) is 22.7. The molecule has 0 radical (unpaired) electrons. The molecule has 5 nitrogen and oxygen atoms in total. The average molecular weight is 440 g/mol. The Bertz CT molecular complexity index is 1050. The Kier molecular flexibility index (Phi) is 6.59. The van der Waals surface area contributed by atoms with Crippen molar-refractivity contribution in [2.75, 3.05) is 13.6 Å². The molecule has 3 rings (SSSR count). The molecule has 1 atom stereocenters. The van der Waals surface area contributed by atoms with E-state index in [0.29, 0.717) is 17.6 Å². The number of para-hydroxylation sites is 2. The van der Waals surface area contributed by atoms with Gasteiger partial charge in [0.1, 0.15) is 12.4 Å². The third-order valence-electron chi connectivity index (χ3n) is 4.95. The number of nitrogens with zero attached hydrogens (tertiary/aromatic N) is 3. The molecule has 0 aliphatic rings. The van der Waals surface area contributed by atoms with Crippen LogP contribution in [0.5, 0.6) is 0 Å². The standard InChI is InChI=1S/C21H21F5N4O/c1-13(18-28-16-5-3-4-6-17(16)30(18)20(22)23)29(2)11-14-7-9-15(10-8-14)19(31)27-12-21(24,25)26/h3-10,13,20H,11-12H2,1-2H3,(H,27,31). The van der Waals surface area contributed by atoms with Gasteiger partial charge in [-0.3, -0.25) is 14.3 Å². The van der Waals surface area contributed by atoms with Crippen LogP contribution in [0, 0.1) is 0 Å². The maximum Gasteiger partial charge on any atom is 0.405 e. The molecule has 0 saturated heterocycles. The molecule has 0 fully saturated rings. The summed E-state index contributed by atoms with van der Waals surface area (Å²) in [4.78, 5) is 18.0. The fourth-order valence-electron chi connectivity index (χ4n) is 3.23. The molecule has 2 aromatic carbocycles. The molecule has 31 heavy (non-hydrogen) atoms. The number of hydrogen-bond donors (Lipinski definition) is 1. The quantitative estimate of drug-likeness (QED) is 0.531. The molecule has 0 aliphatic carbocycles. The van der Waals surface area contributed by atoms with Crippen molar-refractivity contribution in [2.24, 2.45) is 0 Å². The summed E-state index contributed by atoms with van der Waals surface area (Å²) < 4.78 is 65.0. The summed E-state index contributed by atoms with van der Waals surface area (Å²) in [6, 6.07) is 12.3. The van der Waals surface area contributed by atoms with Gasteiger partial charge in [-0.25, -0.2) is 4.98 Å². The number of alkyl halides is 5. The molecule has 0 saturated carbocycles. The normalized spacial score (nSPS) is 13.2. The maximum absolute atomic E-state index is 13.7. The van der Waals surface area contributed by atoms with Gasteiger partial charge in [0, 0.05) is 12.1 Å². The van der Waals surface area contributed by atoms with E-state index in [0.717, 1.165) is 10.1 Å². The minimum absolute atomic E-state index is 0.100. The highest BCUT2D eigenvalue weighted by Crippen LogP contribution is 2.29. The third kappa shape index (κ3) is 5.38. The number of aromatic nitrogens is 2. The number of carbonyl (C=O) groups is 1. The predicted molar refractivity (Wildman–Crippen MR) is 106 cm³/mol. The Morgan fingerprint density at radius 2 is 1.77 bits per heavy atom. The average Bonchev–Trinajstić information content (AvgIpc) is 3.11. The number of benzene rings is 2. The lowest BCUT2D eigenvalue weighted by molar-refractivity contribution is -0.123. The van der Waals surface area contributed by atoms with Crippen molar-refractivity contribution in [3.63, 3.8) is 0 Å². The minimum Gasteiger partial charge on any atom is -0.343 e. The third-order valence-corrected chi connectivity index (χ3v) is 4.95. The fourth-order valence-corrected chi connectivity index (χ4v) is 3.23. The van der Waals surface area contributed by atoms with Crippen molar-refractivity contribution in [2.45, 2.75) is 32.2 Å². The first-order chi connectivity index (χ1) is 14.6. The van der Waals surface area contributed by atoms with Crippen molar-refractivity contribution in [3.05, 3.63) is 65.5 Å². The molecule has 0 spiro atoms. The summed E-state index contributed by atoms with van der Waals surface area (Å²) in [5.74, 6) is -0.599. The molecular weight excluding hydrogens is 419 g/mol. The molecule has 1 unspecified atom stereocenters. The largest absolute Gasteiger partial charge is 0.405 e. The van der Waals surface area contributed by atoms with E-state index in [1.165, 1.54) is 12.1 Å². The second-order valence-electron chi connectivity index (χ2n) is 7.19. The SMILES string of the molecule is CC(c1nc2ccccc2n1C(F)F)N(C)Cc1ccc(C(=O)NCC(F)(F)F)cc1. The number of fused-ring (bicyclic) bond motifs is 1. The number of imidazole rings is 1. The monoisotopic (exact) mass is 440 g/mol. The van der Waals surface area contributed by atoms with Crippen molar-refractivity contribution in [1.82, 2.24) is 19.8 Å². The minimum atomic E-state index is -4.48. The maximum atomic E-state index is 13.7. The van der Waals surface area contributed by atoms with Crippen molar-refractivity contribution < 1.29 is 26.7 Å².